The Bertz CT molecular complexity index is 804. The molecule has 0 saturated carbocycles. The summed E-state index contributed by atoms with van der Waals surface area (Å²) in [5.41, 5.74) is 1.90. The van der Waals surface area contributed by atoms with E-state index >= 15 is 0 Å². The molecule has 4 heterocycles. The number of rotatable bonds is 6. The fraction of sp³-hybridized carbons (Fsp3) is 0.619. The lowest BCUT2D eigenvalue weighted by atomic mass is 9.94. The lowest BCUT2D eigenvalue weighted by Gasteiger charge is -2.32. The van der Waals surface area contributed by atoms with Crippen LogP contribution in [0.3, 0.4) is 0 Å². The van der Waals surface area contributed by atoms with E-state index in [1.54, 1.807) is 6.20 Å². The zero-order valence-electron chi connectivity index (χ0n) is 17.0. The van der Waals surface area contributed by atoms with Crippen LogP contribution in [0.5, 0.6) is 0 Å². The van der Waals surface area contributed by atoms with Crippen LogP contribution in [0, 0.1) is 5.92 Å². The van der Waals surface area contributed by atoms with Gasteiger partial charge in [0.15, 0.2) is 0 Å². The molecule has 1 amide bonds. The van der Waals surface area contributed by atoms with Gasteiger partial charge in [-0.3, -0.25) is 9.48 Å². The van der Waals surface area contributed by atoms with Crippen LogP contribution in [-0.2, 0) is 25.9 Å². The molecule has 0 unspecified atom stereocenters. The minimum Gasteiger partial charge on any atom is -0.465 e. The SMILES string of the molecule is CCc1ccc(CNC[C@@H]2CCn3ncc(C(=O)N4CCN(C)CC4)c3C2)o1. The molecular formula is C21H31N5O2. The maximum atomic E-state index is 13.0. The molecule has 1 fully saturated rings. The lowest BCUT2D eigenvalue weighted by molar-refractivity contribution is 0.0662. The lowest BCUT2D eigenvalue weighted by Crippen LogP contribution is -2.47. The Morgan fingerprint density at radius 1 is 1.21 bits per heavy atom. The molecule has 0 radical (unpaired) electrons. The Morgan fingerprint density at radius 3 is 2.75 bits per heavy atom. The minimum absolute atomic E-state index is 0.144. The molecular weight excluding hydrogens is 354 g/mol. The number of nitrogens with zero attached hydrogens (tertiary/aromatic N) is 4. The number of carbonyl (C=O) groups excluding carboxylic acids is 1. The van der Waals surface area contributed by atoms with Crippen LogP contribution in [0.1, 0.15) is 40.9 Å². The number of furan rings is 1. The first-order valence-corrected chi connectivity index (χ1v) is 10.4. The number of carbonyl (C=O) groups is 1. The third-order valence-corrected chi connectivity index (χ3v) is 6.00. The molecule has 1 atom stereocenters. The fourth-order valence-electron chi connectivity index (χ4n) is 4.14. The first-order chi connectivity index (χ1) is 13.6. The van der Waals surface area contributed by atoms with Gasteiger partial charge in [0.2, 0.25) is 0 Å². The van der Waals surface area contributed by atoms with E-state index in [4.69, 9.17) is 4.42 Å². The largest absolute Gasteiger partial charge is 0.465 e. The van der Waals surface area contributed by atoms with Gasteiger partial charge in [-0.15, -0.1) is 0 Å². The second kappa shape index (κ2) is 8.49. The number of amides is 1. The highest BCUT2D eigenvalue weighted by molar-refractivity contribution is 5.95. The number of fused-ring (bicyclic) bond motifs is 1. The molecule has 1 N–H and O–H groups in total. The van der Waals surface area contributed by atoms with Gasteiger partial charge in [-0.2, -0.15) is 5.10 Å². The standard InChI is InChI=1S/C21H31N5O2/c1-3-17-4-5-18(28-17)14-22-13-16-6-7-26-20(12-16)19(15-23-26)21(27)25-10-8-24(2)9-11-25/h4-5,15-16,22H,3,6-14H2,1-2H3/t16-/m1/s1. The van der Waals surface area contributed by atoms with E-state index in [0.29, 0.717) is 5.92 Å². The van der Waals surface area contributed by atoms with Gasteiger partial charge in [0, 0.05) is 39.1 Å². The van der Waals surface area contributed by atoms with E-state index in [1.807, 2.05) is 15.6 Å². The van der Waals surface area contributed by atoms with Gasteiger partial charge in [0.05, 0.1) is 24.0 Å². The molecule has 28 heavy (non-hydrogen) atoms. The molecule has 4 rings (SSSR count). The van der Waals surface area contributed by atoms with E-state index in [9.17, 15) is 4.79 Å². The quantitative estimate of drug-likeness (QED) is 0.821. The summed E-state index contributed by atoms with van der Waals surface area (Å²) in [7, 11) is 2.10. The van der Waals surface area contributed by atoms with Crippen LogP contribution in [0.2, 0.25) is 0 Å². The summed E-state index contributed by atoms with van der Waals surface area (Å²) >= 11 is 0. The monoisotopic (exact) mass is 385 g/mol. The Labute approximate surface area is 166 Å². The van der Waals surface area contributed by atoms with E-state index in [0.717, 1.165) is 87.9 Å². The molecule has 0 aliphatic carbocycles. The predicted octanol–water partition coefficient (Wildman–Crippen LogP) is 1.78. The van der Waals surface area contributed by atoms with Crippen molar-refractivity contribution in [3.05, 3.63) is 41.1 Å². The van der Waals surface area contributed by atoms with Crippen LogP contribution in [-0.4, -0.2) is 65.3 Å². The van der Waals surface area contributed by atoms with Gasteiger partial charge >= 0.3 is 0 Å². The highest BCUT2D eigenvalue weighted by Crippen LogP contribution is 2.24. The first-order valence-electron chi connectivity index (χ1n) is 10.4. The smallest absolute Gasteiger partial charge is 0.257 e. The maximum Gasteiger partial charge on any atom is 0.257 e. The Kier molecular flexibility index (Phi) is 5.82. The van der Waals surface area contributed by atoms with Crippen molar-refractivity contribution in [2.45, 2.75) is 39.3 Å². The molecule has 0 bridgehead atoms. The highest BCUT2D eigenvalue weighted by Gasteiger charge is 2.28. The molecule has 0 aromatic carbocycles. The van der Waals surface area contributed by atoms with Gasteiger partial charge in [0.25, 0.3) is 5.91 Å². The number of aryl methyl sites for hydroxylation is 2. The number of hydrogen-bond acceptors (Lipinski definition) is 5. The topological polar surface area (TPSA) is 66.5 Å². The minimum atomic E-state index is 0.144. The molecule has 2 aromatic heterocycles. The molecule has 1 saturated heterocycles. The van der Waals surface area contributed by atoms with Crippen molar-refractivity contribution >= 4 is 5.91 Å². The molecule has 2 aromatic rings. The van der Waals surface area contributed by atoms with Crippen LogP contribution >= 0.6 is 0 Å². The number of hydrogen-bond donors (Lipinski definition) is 1. The van der Waals surface area contributed by atoms with Gasteiger partial charge in [-0.25, -0.2) is 0 Å². The van der Waals surface area contributed by atoms with E-state index < -0.39 is 0 Å². The third-order valence-electron chi connectivity index (χ3n) is 6.00. The van der Waals surface area contributed by atoms with Crippen LogP contribution < -0.4 is 5.32 Å². The summed E-state index contributed by atoms with van der Waals surface area (Å²) in [6, 6.07) is 4.10. The van der Waals surface area contributed by atoms with Gasteiger partial charge in [-0.1, -0.05) is 6.92 Å². The summed E-state index contributed by atoms with van der Waals surface area (Å²) in [5.74, 6) is 2.68. The number of aromatic nitrogens is 2. The van der Waals surface area contributed by atoms with Crippen molar-refractivity contribution in [1.29, 1.82) is 0 Å². The van der Waals surface area contributed by atoms with E-state index in [2.05, 4.69) is 35.4 Å². The summed E-state index contributed by atoms with van der Waals surface area (Å²) in [4.78, 5) is 17.2. The molecule has 2 aliphatic rings. The van der Waals surface area contributed by atoms with Crippen molar-refractivity contribution in [3.8, 4) is 0 Å². The summed E-state index contributed by atoms with van der Waals surface area (Å²) < 4.78 is 7.79. The number of piperazine rings is 1. The second-order valence-corrected chi connectivity index (χ2v) is 8.03. The fourth-order valence-corrected chi connectivity index (χ4v) is 4.14. The van der Waals surface area contributed by atoms with Crippen molar-refractivity contribution in [2.24, 2.45) is 5.92 Å². The maximum absolute atomic E-state index is 13.0. The third kappa shape index (κ3) is 4.15. The number of likely N-dealkylation sites (N-methyl/N-ethyl adjacent to an activating group) is 1. The van der Waals surface area contributed by atoms with Crippen LogP contribution in [0.25, 0.3) is 0 Å². The average molecular weight is 386 g/mol. The summed E-state index contributed by atoms with van der Waals surface area (Å²) in [5, 5.41) is 8.01. The molecule has 2 aliphatic heterocycles. The van der Waals surface area contributed by atoms with Gasteiger partial charge in [-0.05, 0) is 44.5 Å². The molecule has 0 spiro atoms. The number of nitrogens with one attached hydrogen (secondary N) is 1. The zero-order valence-corrected chi connectivity index (χ0v) is 17.0. The van der Waals surface area contributed by atoms with Crippen LogP contribution in [0.15, 0.2) is 22.7 Å². The van der Waals surface area contributed by atoms with Gasteiger partial charge in [0.1, 0.15) is 11.5 Å². The Morgan fingerprint density at radius 2 is 2.00 bits per heavy atom. The van der Waals surface area contributed by atoms with Gasteiger partial charge < -0.3 is 19.5 Å². The molecule has 7 nitrogen and oxygen atoms in total. The average Bonchev–Trinajstić information content (AvgIpc) is 3.34. The zero-order chi connectivity index (χ0) is 19.5. The predicted molar refractivity (Wildman–Crippen MR) is 107 cm³/mol. The highest BCUT2D eigenvalue weighted by atomic mass is 16.3. The summed E-state index contributed by atoms with van der Waals surface area (Å²) in [6.07, 6.45) is 4.69. The molecule has 152 valence electrons. The normalized spacial score (nSPS) is 20.4. The first kappa shape index (κ1) is 19.2. The van der Waals surface area contributed by atoms with E-state index in [1.165, 1.54) is 0 Å². The Balaban J connectivity index is 1.34. The van der Waals surface area contributed by atoms with Crippen molar-refractivity contribution in [3.63, 3.8) is 0 Å². The van der Waals surface area contributed by atoms with Crippen molar-refractivity contribution in [2.75, 3.05) is 39.8 Å². The van der Waals surface area contributed by atoms with E-state index in [-0.39, 0.29) is 5.91 Å². The Hall–Kier alpha value is -2.12. The second-order valence-electron chi connectivity index (χ2n) is 8.03. The van der Waals surface area contributed by atoms with Crippen LogP contribution in [0.4, 0.5) is 0 Å². The molecule has 7 heteroatoms. The summed E-state index contributed by atoms with van der Waals surface area (Å²) in [6.45, 7) is 8.14. The van der Waals surface area contributed by atoms with Crippen molar-refractivity contribution < 1.29 is 9.21 Å². The van der Waals surface area contributed by atoms with Crippen molar-refractivity contribution in [1.82, 2.24) is 24.9 Å².